The number of aliphatic hydroxyl groups is 1. The van der Waals surface area contributed by atoms with Crippen molar-refractivity contribution in [2.75, 3.05) is 44.3 Å². The molecule has 4 aliphatic heterocycles. The van der Waals surface area contributed by atoms with E-state index >= 15 is 4.39 Å². The molecule has 1 unspecified atom stereocenters. The van der Waals surface area contributed by atoms with E-state index in [1.807, 2.05) is 45.6 Å². The van der Waals surface area contributed by atoms with Crippen molar-refractivity contribution in [2.24, 2.45) is 0 Å². The number of rotatable bonds is 8. The Morgan fingerprint density at radius 2 is 1.84 bits per heavy atom. The monoisotopic (exact) mass is 677 g/mol. The first kappa shape index (κ1) is 33.1. The topological polar surface area (TPSA) is 91.3 Å². The average Bonchev–Trinajstić information content (AvgIpc) is 3.63. The van der Waals surface area contributed by atoms with Crippen LogP contribution >= 0.6 is 15.9 Å². The summed E-state index contributed by atoms with van der Waals surface area (Å²) < 4.78 is 28.1. The van der Waals surface area contributed by atoms with Crippen LogP contribution in [0.3, 0.4) is 0 Å². The lowest BCUT2D eigenvalue weighted by Gasteiger charge is -2.49. The van der Waals surface area contributed by atoms with E-state index in [1.165, 1.54) is 0 Å². The molecule has 4 aliphatic rings. The number of hydrogen-bond acceptors (Lipinski definition) is 8. The number of unbranched alkanes of at least 4 members (excludes halogenated alkanes) is 1. The number of carbonyl (C=O) groups is 1. The van der Waals surface area contributed by atoms with Gasteiger partial charge in [0.15, 0.2) is 5.82 Å². The van der Waals surface area contributed by atoms with Gasteiger partial charge in [0.1, 0.15) is 23.5 Å². The Hall–Kier alpha value is -2.24. The number of nitrogens with zero attached hydrogens (tertiary/aromatic N) is 5. The lowest BCUT2D eigenvalue weighted by molar-refractivity contribution is -0.00897. The van der Waals surface area contributed by atoms with Crippen molar-refractivity contribution in [3.8, 4) is 6.01 Å². The summed E-state index contributed by atoms with van der Waals surface area (Å²) >= 11 is 3.34. The van der Waals surface area contributed by atoms with Gasteiger partial charge in [0.2, 0.25) is 0 Å². The third-order valence-corrected chi connectivity index (χ3v) is 10.3. The molecule has 2 aromatic rings. The first-order chi connectivity index (χ1) is 21.0. The molecule has 44 heavy (non-hydrogen) atoms. The van der Waals surface area contributed by atoms with Gasteiger partial charge in [-0.2, -0.15) is 9.97 Å². The number of piperazine rings is 1. The summed E-state index contributed by atoms with van der Waals surface area (Å²) in [6, 6.07) is 3.68. The van der Waals surface area contributed by atoms with Gasteiger partial charge >= 0.3 is 12.1 Å². The van der Waals surface area contributed by atoms with Gasteiger partial charge in [-0.25, -0.2) is 9.18 Å². The van der Waals surface area contributed by atoms with Gasteiger partial charge in [0.25, 0.3) is 0 Å². The SMILES string of the molecule is CC.CC(C)(C)OC(=O)N1C2CC[C@@]1(CCCCO)CN(c1nc(OCC34CCCN3CCC4)nc3c(F)c(Br)ccc13)C2. The molecule has 244 valence electrons. The fourth-order valence-electron chi connectivity index (χ4n) is 7.85. The largest absolute Gasteiger partial charge is 0.461 e. The Kier molecular flexibility index (Phi) is 9.97. The number of benzene rings is 1. The molecule has 1 amide bonds. The molecule has 1 N–H and O–H groups in total. The highest BCUT2D eigenvalue weighted by molar-refractivity contribution is 9.10. The summed E-state index contributed by atoms with van der Waals surface area (Å²) in [7, 11) is 0. The summed E-state index contributed by atoms with van der Waals surface area (Å²) in [6.07, 6.45) is 8.10. The minimum atomic E-state index is -0.603. The van der Waals surface area contributed by atoms with E-state index in [-0.39, 0.29) is 35.8 Å². The van der Waals surface area contributed by atoms with Crippen molar-refractivity contribution in [3.63, 3.8) is 0 Å². The van der Waals surface area contributed by atoms with E-state index in [4.69, 9.17) is 14.5 Å². The molecule has 6 rings (SSSR count). The summed E-state index contributed by atoms with van der Waals surface area (Å²) in [5.74, 6) is 0.200. The van der Waals surface area contributed by atoms with Crippen LogP contribution < -0.4 is 9.64 Å². The number of aliphatic hydroxyl groups excluding tert-OH is 1. The highest BCUT2D eigenvalue weighted by Gasteiger charge is 2.54. The molecule has 11 heteroatoms. The van der Waals surface area contributed by atoms with Gasteiger partial charge in [0, 0.05) is 25.1 Å². The minimum Gasteiger partial charge on any atom is -0.461 e. The zero-order chi connectivity index (χ0) is 31.7. The van der Waals surface area contributed by atoms with Gasteiger partial charge in [-0.1, -0.05) is 13.8 Å². The highest BCUT2D eigenvalue weighted by atomic mass is 79.9. The second kappa shape index (κ2) is 13.2. The van der Waals surface area contributed by atoms with Crippen molar-refractivity contribution < 1.29 is 23.8 Å². The summed E-state index contributed by atoms with van der Waals surface area (Å²) in [5.41, 5.74) is -0.829. The zero-order valence-electron chi connectivity index (χ0n) is 27.0. The molecule has 5 heterocycles. The molecule has 2 bridgehead atoms. The Morgan fingerprint density at radius 1 is 1.11 bits per heavy atom. The maximum Gasteiger partial charge on any atom is 0.411 e. The first-order valence-electron chi connectivity index (χ1n) is 16.5. The van der Waals surface area contributed by atoms with Gasteiger partial charge in [-0.05, 0) is 120 Å². The van der Waals surface area contributed by atoms with Crippen LogP contribution in [0, 0.1) is 5.82 Å². The van der Waals surface area contributed by atoms with Crippen LogP contribution in [0.4, 0.5) is 15.0 Å². The van der Waals surface area contributed by atoms with Gasteiger partial charge < -0.3 is 19.5 Å². The molecule has 4 fully saturated rings. The van der Waals surface area contributed by atoms with Crippen LogP contribution in [0.1, 0.15) is 92.4 Å². The molecule has 0 spiro atoms. The predicted octanol–water partition coefficient (Wildman–Crippen LogP) is 6.69. The quantitative estimate of drug-likeness (QED) is 0.309. The van der Waals surface area contributed by atoms with E-state index in [0.717, 1.165) is 64.5 Å². The number of halogens is 2. The number of ether oxygens (including phenoxy) is 2. The normalized spacial score (nSPS) is 24.3. The second-order valence-electron chi connectivity index (χ2n) is 13.6. The number of aromatic nitrogens is 2. The standard InChI is InChI=1S/C31H43BrFN5O4.C2H6/c1-29(2,3)42-28(40)38-21-10-14-30(38,11-4-5-17-39)19-36(18-21)26-22-8-9-23(32)24(33)25(22)34-27(35-26)41-20-31-12-6-15-37(31)16-7-13-31;1-2/h8-9,21,39H,4-7,10-20H2,1-3H3;1-2H3/t21?,30-;/m0./s1. The predicted molar refractivity (Wildman–Crippen MR) is 174 cm³/mol. The third-order valence-electron chi connectivity index (χ3n) is 9.68. The van der Waals surface area contributed by atoms with E-state index < -0.39 is 17.0 Å². The van der Waals surface area contributed by atoms with Crippen LogP contribution in [0.5, 0.6) is 6.01 Å². The van der Waals surface area contributed by atoms with Gasteiger partial charge in [0.05, 0.1) is 21.6 Å². The van der Waals surface area contributed by atoms with Gasteiger partial charge in [-0.3, -0.25) is 9.80 Å². The Balaban J connectivity index is 0.00000188. The molecule has 1 aromatic heterocycles. The second-order valence-corrected chi connectivity index (χ2v) is 14.5. The molecule has 0 saturated carbocycles. The van der Waals surface area contributed by atoms with E-state index in [0.29, 0.717) is 41.8 Å². The van der Waals surface area contributed by atoms with Crippen molar-refractivity contribution in [3.05, 3.63) is 22.4 Å². The number of carbonyl (C=O) groups excluding carboxylic acids is 1. The van der Waals surface area contributed by atoms with E-state index in [1.54, 1.807) is 6.07 Å². The fourth-order valence-corrected chi connectivity index (χ4v) is 8.17. The summed E-state index contributed by atoms with van der Waals surface area (Å²) in [6.45, 7) is 13.5. The lowest BCUT2D eigenvalue weighted by Crippen LogP contribution is -2.64. The highest BCUT2D eigenvalue weighted by Crippen LogP contribution is 2.46. The molecule has 2 atom stereocenters. The first-order valence-corrected chi connectivity index (χ1v) is 17.3. The maximum absolute atomic E-state index is 15.5. The summed E-state index contributed by atoms with van der Waals surface area (Å²) in [4.78, 5) is 29.7. The average molecular weight is 679 g/mol. The molecule has 1 aromatic carbocycles. The third kappa shape index (κ3) is 6.38. The van der Waals surface area contributed by atoms with Crippen molar-refractivity contribution in [1.82, 2.24) is 19.8 Å². The van der Waals surface area contributed by atoms with Crippen LogP contribution in [0.2, 0.25) is 0 Å². The number of hydrogen-bond donors (Lipinski definition) is 1. The minimum absolute atomic E-state index is 0.0171. The fraction of sp³-hybridized carbons (Fsp3) is 0.727. The van der Waals surface area contributed by atoms with E-state index in [2.05, 4.69) is 30.7 Å². The number of anilines is 1. The number of fused-ring (bicyclic) bond motifs is 4. The summed E-state index contributed by atoms with van der Waals surface area (Å²) in [5, 5.41) is 10.1. The zero-order valence-corrected chi connectivity index (χ0v) is 28.6. The molecule has 0 aliphatic carbocycles. The van der Waals surface area contributed by atoms with Crippen molar-refractivity contribution in [1.29, 1.82) is 0 Å². The molecule has 4 saturated heterocycles. The van der Waals surface area contributed by atoms with Crippen molar-refractivity contribution in [2.45, 2.75) is 115 Å². The lowest BCUT2D eigenvalue weighted by atomic mass is 9.88. The molecule has 9 nitrogen and oxygen atoms in total. The van der Waals surface area contributed by atoms with Crippen LogP contribution in [-0.2, 0) is 4.74 Å². The molecular formula is C33H49BrFN5O4. The van der Waals surface area contributed by atoms with Crippen molar-refractivity contribution >= 4 is 38.7 Å². The Labute approximate surface area is 269 Å². The van der Waals surface area contributed by atoms with Crippen LogP contribution in [-0.4, -0.2) is 93.1 Å². The van der Waals surface area contributed by atoms with E-state index in [9.17, 15) is 9.90 Å². The number of amides is 1. The van der Waals surface area contributed by atoms with Crippen LogP contribution in [0.15, 0.2) is 16.6 Å². The smallest absolute Gasteiger partial charge is 0.411 e. The Bertz CT molecular complexity index is 1330. The maximum atomic E-state index is 15.5. The van der Waals surface area contributed by atoms with Crippen LogP contribution in [0.25, 0.3) is 10.9 Å². The van der Waals surface area contributed by atoms with Gasteiger partial charge in [-0.15, -0.1) is 0 Å². The molecule has 0 radical (unpaired) electrons. The Morgan fingerprint density at radius 3 is 2.52 bits per heavy atom. The molecular weight excluding hydrogens is 629 g/mol.